The first-order valence-corrected chi connectivity index (χ1v) is 7.92. The van der Waals surface area contributed by atoms with Gasteiger partial charge in [-0.05, 0) is 12.1 Å². The van der Waals surface area contributed by atoms with Crippen molar-refractivity contribution in [1.29, 1.82) is 0 Å². The van der Waals surface area contributed by atoms with Crippen LogP contribution in [0.1, 0.15) is 27.7 Å². The highest BCUT2D eigenvalue weighted by atomic mass is 32.2. The maximum Gasteiger partial charge on any atom is 0.0262 e. The normalized spacial score (nSPS) is 12.2. The summed E-state index contributed by atoms with van der Waals surface area (Å²) in [6.07, 6.45) is 3.79. The van der Waals surface area contributed by atoms with Crippen molar-refractivity contribution in [2.75, 3.05) is 0 Å². The van der Waals surface area contributed by atoms with E-state index in [1.807, 2.05) is 39.8 Å². The topological polar surface area (TPSA) is 0 Å². The van der Waals surface area contributed by atoms with Crippen LogP contribution in [0.15, 0.2) is 69.2 Å². The second-order valence-corrected chi connectivity index (χ2v) is 4.96. The van der Waals surface area contributed by atoms with Gasteiger partial charge in [-0.2, -0.15) is 0 Å². The van der Waals surface area contributed by atoms with Crippen molar-refractivity contribution in [1.82, 2.24) is 0 Å². The maximum atomic E-state index is 3.82. The molecule has 0 amide bonds. The summed E-state index contributed by atoms with van der Waals surface area (Å²) in [4.78, 5) is 5.00. The molecule has 0 nitrogen and oxygen atoms in total. The average molecular weight is 278 g/mol. The first-order chi connectivity index (χ1) is 8.85. The number of allylic oxidation sites excluding steroid dienone is 2. The quantitative estimate of drug-likeness (QED) is 0.604. The van der Waals surface area contributed by atoms with Crippen LogP contribution in [0.25, 0.3) is 0 Å². The summed E-state index contributed by atoms with van der Waals surface area (Å²) in [5.74, 6) is 0. The molecule has 98 valence electrons. The SMILES string of the molecule is C=CC1=C(C=C)Sc2ccccc2S1.CC.CC. The third kappa shape index (κ3) is 4.43. The summed E-state index contributed by atoms with van der Waals surface area (Å²) >= 11 is 3.52. The molecule has 1 aliphatic heterocycles. The second kappa shape index (κ2) is 10.1. The molecule has 0 radical (unpaired) electrons. The van der Waals surface area contributed by atoms with Gasteiger partial charge in [0, 0.05) is 19.6 Å². The van der Waals surface area contributed by atoms with Crippen molar-refractivity contribution in [2.24, 2.45) is 0 Å². The van der Waals surface area contributed by atoms with E-state index in [1.54, 1.807) is 23.5 Å². The molecule has 0 saturated heterocycles. The highest BCUT2D eigenvalue weighted by Crippen LogP contribution is 2.47. The van der Waals surface area contributed by atoms with Crippen LogP contribution in [0.3, 0.4) is 0 Å². The number of benzene rings is 1. The predicted molar refractivity (Wildman–Crippen MR) is 88.3 cm³/mol. The van der Waals surface area contributed by atoms with Gasteiger partial charge in [-0.15, -0.1) is 0 Å². The number of hydrogen-bond acceptors (Lipinski definition) is 2. The standard InChI is InChI=1S/C12H10S2.2C2H6/c1-3-9-10(4-2)14-12-8-6-5-7-11(12)13-9;2*1-2/h3-8H,1-2H2;2*1-2H3. The van der Waals surface area contributed by atoms with E-state index in [2.05, 4.69) is 37.4 Å². The molecule has 1 aromatic carbocycles. The molecule has 1 heterocycles. The van der Waals surface area contributed by atoms with Crippen molar-refractivity contribution in [3.63, 3.8) is 0 Å². The van der Waals surface area contributed by atoms with Gasteiger partial charge in [0.25, 0.3) is 0 Å². The van der Waals surface area contributed by atoms with Gasteiger partial charge in [0.15, 0.2) is 0 Å². The predicted octanol–water partition coefficient (Wildman–Crippen LogP) is 6.52. The van der Waals surface area contributed by atoms with E-state index in [4.69, 9.17) is 0 Å². The van der Waals surface area contributed by atoms with Gasteiger partial charge in [-0.1, -0.05) is 88.7 Å². The van der Waals surface area contributed by atoms with E-state index in [9.17, 15) is 0 Å². The van der Waals surface area contributed by atoms with Crippen molar-refractivity contribution < 1.29 is 0 Å². The molecule has 0 aromatic heterocycles. The lowest BCUT2D eigenvalue weighted by molar-refractivity contribution is 1.25. The zero-order valence-corrected chi connectivity index (χ0v) is 13.3. The summed E-state index contributed by atoms with van der Waals surface area (Å²) in [6, 6.07) is 8.39. The molecule has 18 heavy (non-hydrogen) atoms. The van der Waals surface area contributed by atoms with Crippen molar-refractivity contribution in [2.45, 2.75) is 37.5 Å². The number of thioether (sulfide) groups is 2. The number of hydrogen-bond donors (Lipinski definition) is 0. The van der Waals surface area contributed by atoms with Crippen LogP contribution >= 0.6 is 23.5 Å². The van der Waals surface area contributed by atoms with Gasteiger partial charge in [0.1, 0.15) is 0 Å². The third-order valence-electron chi connectivity index (χ3n) is 1.90. The van der Waals surface area contributed by atoms with E-state index in [1.165, 1.54) is 19.6 Å². The highest BCUT2D eigenvalue weighted by molar-refractivity contribution is 8.09. The van der Waals surface area contributed by atoms with Crippen LogP contribution in [0, 0.1) is 0 Å². The lowest BCUT2D eigenvalue weighted by atomic mass is 10.4. The smallest absolute Gasteiger partial charge is 0.0262 e. The van der Waals surface area contributed by atoms with E-state index in [0.29, 0.717) is 0 Å². The molecule has 0 fully saturated rings. The molecule has 2 heteroatoms. The Labute approximate surface area is 120 Å². The maximum absolute atomic E-state index is 3.82. The van der Waals surface area contributed by atoms with Crippen molar-refractivity contribution in [3.05, 3.63) is 59.4 Å². The molecule has 0 unspecified atom stereocenters. The van der Waals surface area contributed by atoms with Gasteiger partial charge >= 0.3 is 0 Å². The van der Waals surface area contributed by atoms with Crippen LogP contribution in [0.2, 0.25) is 0 Å². The first-order valence-electron chi connectivity index (χ1n) is 6.29. The fourth-order valence-electron chi connectivity index (χ4n) is 1.24. The number of rotatable bonds is 2. The Morgan fingerprint density at radius 3 is 1.39 bits per heavy atom. The summed E-state index contributed by atoms with van der Waals surface area (Å²) in [5.41, 5.74) is 0. The summed E-state index contributed by atoms with van der Waals surface area (Å²) in [7, 11) is 0. The van der Waals surface area contributed by atoms with Gasteiger partial charge in [-0.3, -0.25) is 0 Å². The molecule has 1 aromatic rings. The fraction of sp³-hybridized carbons (Fsp3) is 0.250. The summed E-state index contributed by atoms with van der Waals surface area (Å²) in [5, 5.41) is 0. The summed E-state index contributed by atoms with van der Waals surface area (Å²) < 4.78 is 0. The minimum atomic E-state index is 1.20. The van der Waals surface area contributed by atoms with E-state index >= 15 is 0 Å². The van der Waals surface area contributed by atoms with E-state index in [-0.39, 0.29) is 0 Å². The molecular weight excluding hydrogens is 256 g/mol. The molecule has 0 N–H and O–H groups in total. The molecule has 0 spiro atoms. The van der Waals surface area contributed by atoms with Crippen molar-refractivity contribution >= 4 is 23.5 Å². The Morgan fingerprint density at radius 2 is 1.11 bits per heavy atom. The monoisotopic (exact) mass is 278 g/mol. The Morgan fingerprint density at radius 1 is 0.778 bits per heavy atom. The Bertz CT molecular complexity index is 378. The molecular formula is C16H22S2. The van der Waals surface area contributed by atoms with Crippen LogP contribution in [-0.2, 0) is 0 Å². The van der Waals surface area contributed by atoms with Gasteiger partial charge < -0.3 is 0 Å². The summed E-state index contributed by atoms with van der Waals surface area (Å²) in [6.45, 7) is 15.6. The van der Waals surface area contributed by atoms with Gasteiger partial charge in [0.2, 0.25) is 0 Å². The molecule has 0 atom stereocenters. The molecule has 0 saturated carbocycles. The third-order valence-corrected chi connectivity index (χ3v) is 4.53. The first kappa shape index (κ1) is 17.1. The minimum absolute atomic E-state index is 1.20. The fourth-order valence-corrected chi connectivity index (χ4v) is 3.38. The zero-order valence-electron chi connectivity index (χ0n) is 11.7. The Balaban J connectivity index is 0.000000659. The zero-order chi connectivity index (χ0) is 14.0. The molecule has 1 aliphatic rings. The largest absolute Gasteiger partial charge is 0.0979 e. The Hall–Kier alpha value is -0.860. The lowest BCUT2D eigenvalue weighted by Crippen LogP contribution is -1.88. The van der Waals surface area contributed by atoms with Gasteiger partial charge in [-0.25, -0.2) is 0 Å². The van der Waals surface area contributed by atoms with Gasteiger partial charge in [0.05, 0.1) is 0 Å². The van der Waals surface area contributed by atoms with Crippen molar-refractivity contribution in [3.8, 4) is 0 Å². The lowest BCUT2D eigenvalue weighted by Gasteiger charge is -2.17. The Kier molecular flexibility index (Phi) is 9.62. The average Bonchev–Trinajstić information content (AvgIpc) is 2.49. The highest BCUT2D eigenvalue weighted by Gasteiger charge is 2.14. The van der Waals surface area contributed by atoms with E-state index < -0.39 is 0 Å². The van der Waals surface area contributed by atoms with Crippen LogP contribution in [0.5, 0.6) is 0 Å². The number of fused-ring (bicyclic) bond motifs is 1. The van der Waals surface area contributed by atoms with Crippen LogP contribution in [0.4, 0.5) is 0 Å². The molecule has 0 aliphatic carbocycles. The minimum Gasteiger partial charge on any atom is -0.0979 e. The van der Waals surface area contributed by atoms with Crippen LogP contribution < -0.4 is 0 Å². The van der Waals surface area contributed by atoms with Crippen LogP contribution in [-0.4, -0.2) is 0 Å². The second-order valence-electron chi connectivity index (χ2n) is 2.79. The molecule has 0 bridgehead atoms. The molecule has 2 rings (SSSR count). The van der Waals surface area contributed by atoms with E-state index in [0.717, 1.165) is 0 Å².